The number of carbonyl (C=O) groups excluding carboxylic acids is 2. The van der Waals surface area contributed by atoms with Crippen LogP contribution < -0.4 is 5.32 Å². The molecule has 1 aromatic carbocycles. The molecule has 0 radical (unpaired) electrons. The summed E-state index contributed by atoms with van der Waals surface area (Å²) < 4.78 is 0. The Morgan fingerprint density at radius 1 is 1.23 bits per heavy atom. The van der Waals surface area contributed by atoms with Crippen LogP contribution in [0.25, 0.3) is 0 Å². The van der Waals surface area contributed by atoms with Crippen molar-refractivity contribution in [3.8, 4) is 0 Å². The van der Waals surface area contributed by atoms with Crippen molar-refractivity contribution in [2.75, 3.05) is 19.6 Å². The topological polar surface area (TPSA) is 65.0 Å². The number of hydrogen-bond acceptors (Lipinski definition) is 4. The fourth-order valence-corrected chi connectivity index (χ4v) is 4.43. The first-order valence-corrected chi connectivity index (χ1v) is 11.3. The molecule has 7 heteroatoms. The second-order valence-corrected chi connectivity index (χ2v) is 8.34. The molecule has 0 fully saturated rings. The normalized spacial score (nSPS) is 18.2. The molecule has 1 aromatic heterocycles. The van der Waals surface area contributed by atoms with Gasteiger partial charge in [0.05, 0.1) is 18.2 Å². The monoisotopic (exact) mass is 422 g/mol. The predicted octanol–water partition coefficient (Wildman–Crippen LogP) is 3.46. The van der Waals surface area contributed by atoms with Crippen LogP contribution in [-0.2, 0) is 17.6 Å². The van der Waals surface area contributed by atoms with Crippen molar-refractivity contribution in [1.82, 2.24) is 15.1 Å². The average Bonchev–Trinajstić information content (AvgIpc) is 3.42. The first-order chi connectivity index (χ1) is 14.7. The minimum atomic E-state index is -0.172. The second-order valence-electron chi connectivity index (χ2n) is 7.56. The molecule has 2 aliphatic rings. The summed E-state index contributed by atoms with van der Waals surface area (Å²) >= 11 is 1.65. The molecule has 4 rings (SSSR count). The number of hydrogen-bond donors (Lipinski definition) is 1. The third kappa shape index (κ3) is 4.46. The number of benzene rings is 1. The molecule has 0 bridgehead atoms. The summed E-state index contributed by atoms with van der Waals surface area (Å²) in [7, 11) is 0. The summed E-state index contributed by atoms with van der Waals surface area (Å²) in [5.41, 5.74) is 2.85. The van der Waals surface area contributed by atoms with Gasteiger partial charge in [-0.25, -0.2) is 4.79 Å². The van der Waals surface area contributed by atoms with Crippen LogP contribution in [0.4, 0.5) is 4.79 Å². The molecule has 0 unspecified atom stereocenters. The highest BCUT2D eigenvalue weighted by Crippen LogP contribution is 2.25. The van der Waals surface area contributed by atoms with Gasteiger partial charge in [0.15, 0.2) is 0 Å². The summed E-state index contributed by atoms with van der Waals surface area (Å²) in [5, 5.41) is 7.06. The molecule has 3 heterocycles. The third-order valence-corrected chi connectivity index (χ3v) is 6.00. The van der Waals surface area contributed by atoms with Crippen LogP contribution in [0.3, 0.4) is 0 Å². The van der Waals surface area contributed by atoms with Crippen molar-refractivity contribution in [3.05, 3.63) is 70.1 Å². The maximum atomic E-state index is 13.1. The van der Waals surface area contributed by atoms with Crippen LogP contribution in [0.2, 0.25) is 0 Å². The third-order valence-electron chi connectivity index (χ3n) is 5.27. The standard InChI is InChI=1S/C23H26N4O2S/c1-2-10-24-22(28)20-15-26(11-8-18-9-12-30-16-18)23(29)27-14-19(25-21(20)27)13-17-6-4-3-5-7-17/h3-7,9,12,15-16,19H,2,8,10-11,13-14H2,1H3,(H,24,28)/t19-/m1/s1. The molecule has 1 atom stereocenters. The van der Waals surface area contributed by atoms with Crippen molar-refractivity contribution >= 4 is 29.1 Å². The first-order valence-electron chi connectivity index (χ1n) is 10.4. The number of nitrogens with one attached hydrogen (secondary N) is 1. The number of carbonyl (C=O) groups is 2. The smallest absolute Gasteiger partial charge is 0.329 e. The van der Waals surface area contributed by atoms with Gasteiger partial charge in [-0.3, -0.25) is 19.6 Å². The Bertz CT molecular complexity index is 953. The number of aliphatic imine (C=N–C) groups is 1. The van der Waals surface area contributed by atoms with Crippen LogP contribution in [0.5, 0.6) is 0 Å². The number of rotatable bonds is 8. The number of amidine groups is 1. The SMILES string of the molecule is CCCNC(=O)C1=CN(CCc2ccsc2)C(=O)N2C[C@@H](Cc3ccccc3)N=C12. The van der Waals surface area contributed by atoms with E-state index in [1.54, 1.807) is 27.3 Å². The predicted molar refractivity (Wildman–Crippen MR) is 120 cm³/mol. The summed E-state index contributed by atoms with van der Waals surface area (Å²) in [4.78, 5) is 34.1. The number of thiophene rings is 1. The molecule has 0 aliphatic carbocycles. The maximum absolute atomic E-state index is 13.1. The summed E-state index contributed by atoms with van der Waals surface area (Å²) in [6.45, 7) is 3.64. The van der Waals surface area contributed by atoms with Crippen molar-refractivity contribution in [2.24, 2.45) is 4.99 Å². The van der Waals surface area contributed by atoms with Crippen LogP contribution in [-0.4, -0.2) is 53.2 Å². The zero-order valence-electron chi connectivity index (χ0n) is 17.1. The molecule has 0 saturated carbocycles. The summed E-state index contributed by atoms with van der Waals surface area (Å²) in [6, 6.07) is 12.0. The van der Waals surface area contributed by atoms with E-state index >= 15 is 0 Å². The Morgan fingerprint density at radius 2 is 2.07 bits per heavy atom. The van der Waals surface area contributed by atoms with Gasteiger partial charge in [-0.15, -0.1) is 0 Å². The molecule has 0 spiro atoms. The van der Waals surface area contributed by atoms with Gasteiger partial charge in [0, 0.05) is 19.3 Å². The van der Waals surface area contributed by atoms with E-state index in [4.69, 9.17) is 4.99 Å². The molecular weight excluding hydrogens is 396 g/mol. The number of nitrogens with zero attached hydrogens (tertiary/aromatic N) is 3. The van der Waals surface area contributed by atoms with Gasteiger partial charge in [-0.2, -0.15) is 11.3 Å². The summed E-state index contributed by atoms with van der Waals surface area (Å²) in [5.74, 6) is 0.329. The van der Waals surface area contributed by atoms with E-state index in [0.717, 1.165) is 19.3 Å². The highest BCUT2D eigenvalue weighted by atomic mass is 32.1. The quantitative estimate of drug-likeness (QED) is 0.708. The van der Waals surface area contributed by atoms with E-state index in [1.165, 1.54) is 11.1 Å². The Hall–Kier alpha value is -2.93. The van der Waals surface area contributed by atoms with Crippen LogP contribution in [0, 0.1) is 0 Å². The average molecular weight is 423 g/mol. The fourth-order valence-electron chi connectivity index (χ4n) is 3.72. The van der Waals surface area contributed by atoms with Gasteiger partial charge in [-0.1, -0.05) is 37.3 Å². The Labute approximate surface area is 180 Å². The molecule has 3 amide bonds. The molecule has 0 saturated heterocycles. The highest BCUT2D eigenvalue weighted by Gasteiger charge is 2.39. The molecule has 1 N–H and O–H groups in total. The van der Waals surface area contributed by atoms with E-state index < -0.39 is 0 Å². The Morgan fingerprint density at radius 3 is 2.80 bits per heavy atom. The zero-order valence-corrected chi connectivity index (χ0v) is 17.9. The number of amides is 3. The van der Waals surface area contributed by atoms with Gasteiger partial charge in [0.25, 0.3) is 5.91 Å². The van der Waals surface area contributed by atoms with Crippen molar-refractivity contribution in [3.63, 3.8) is 0 Å². The minimum absolute atomic E-state index is 0.0504. The van der Waals surface area contributed by atoms with E-state index in [1.807, 2.05) is 30.5 Å². The van der Waals surface area contributed by atoms with Gasteiger partial charge in [0.1, 0.15) is 5.84 Å². The van der Waals surface area contributed by atoms with E-state index in [-0.39, 0.29) is 18.0 Å². The molecule has 156 valence electrons. The van der Waals surface area contributed by atoms with Crippen molar-refractivity contribution in [2.45, 2.75) is 32.2 Å². The fraction of sp³-hybridized carbons (Fsp3) is 0.348. The molecule has 2 aromatic rings. The van der Waals surface area contributed by atoms with Crippen molar-refractivity contribution in [1.29, 1.82) is 0 Å². The number of urea groups is 1. The lowest BCUT2D eigenvalue weighted by molar-refractivity contribution is -0.117. The summed E-state index contributed by atoms with van der Waals surface area (Å²) in [6.07, 6.45) is 4.03. The van der Waals surface area contributed by atoms with Gasteiger partial charge in [-0.05, 0) is 47.2 Å². The van der Waals surface area contributed by atoms with Gasteiger partial charge >= 0.3 is 6.03 Å². The van der Waals surface area contributed by atoms with Crippen LogP contribution in [0.15, 0.2) is 63.9 Å². The lowest BCUT2D eigenvalue weighted by Gasteiger charge is -2.32. The largest absolute Gasteiger partial charge is 0.352 e. The van der Waals surface area contributed by atoms with Crippen molar-refractivity contribution < 1.29 is 9.59 Å². The first kappa shape index (κ1) is 20.3. The Kier molecular flexibility index (Phi) is 6.28. The molecular formula is C23H26N4O2S. The van der Waals surface area contributed by atoms with Crippen LogP contribution >= 0.6 is 11.3 Å². The van der Waals surface area contributed by atoms with Gasteiger partial charge < -0.3 is 5.32 Å². The number of fused-ring (bicyclic) bond motifs is 1. The molecule has 6 nitrogen and oxygen atoms in total. The second kappa shape index (κ2) is 9.26. The van der Waals surface area contributed by atoms with E-state index in [2.05, 4.69) is 28.9 Å². The minimum Gasteiger partial charge on any atom is -0.352 e. The maximum Gasteiger partial charge on any atom is 0.329 e. The zero-order chi connectivity index (χ0) is 20.9. The Balaban J connectivity index is 1.55. The highest BCUT2D eigenvalue weighted by molar-refractivity contribution is 7.07. The van der Waals surface area contributed by atoms with Crippen LogP contribution in [0.1, 0.15) is 24.5 Å². The lowest BCUT2D eigenvalue weighted by Crippen LogP contribution is -2.50. The van der Waals surface area contributed by atoms with Gasteiger partial charge in [0.2, 0.25) is 0 Å². The van der Waals surface area contributed by atoms with E-state index in [0.29, 0.717) is 31.0 Å². The molecule has 2 aliphatic heterocycles. The van der Waals surface area contributed by atoms with E-state index in [9.17, 15) is 9.59 Å². The molecule has 30 heavy (non-hydrogen) atoms. The lowest BCUT2D eigenvalue weighted by atomic mass is 10.1.